The van der Waals surface area contributed by atoms with Crippen molar-refractivity contribution in [2.24, 2.45) is 11.8 Å². The molecule has 0 bridgehead atoms. The number of rotatable bonds is 4. The quantitative estimate of drug-likeness (QED) is 0.617. The molecule has 1 aromatic carbocycles. The highest BCUT2D eigenvalue weighted by molar-refractivity contribution is 5.87. The highest BCUT2D eigenvalue weighted by Gasteiger charge is 2.43. The van der Waals surface area contributed by atoms with Gasteiger partial charge in [-0.05, 0) is 57.2 Å². The van der Waals surface area contributed by atoms with Gasteiger partial charge in [0.25, 0.3) is 0 Å². The van der Waals surface area contributed by atoms with Crippen LogP contribution in [0.2, 0.25) is 0 Å². The fourth-order valence-electron chi connectivity index (χ4n) is 5.45. The molecule has 152 valence electrons. The Morgan fingerprint density at radius 2 is 1.71 bits per heavy atom. The van der Waals surface area contributed by atoms with Gasteiger partial charge in [-0.15, -0.1) is 0 Å². The Hall–Kier alpha value is -1.92. The van der Waals surface area contributed by atoms with E-state index < -0.39 is 11.8 Å². The van der Waals surface area contributed by atoms with E-state index in [0.717, 1.165) is 45.4 Å². The molecule has 6 heteroatoms. The number of benzene rings is 1. The summed E-state index contributed by atoms with van der Waals surface area (Å²) in [5, 5.41) is 9.26. The number of carbonyl (C=O) groups excluding carboxylic acids is 2. The lowest BCUT2D eigenvalue weighted by atomic mass is 9.75. The van der Waals surface area contributed by atoms with Crippen LogP contribution in [0.5, 0.6) is 0 Å². The second kappa shape index (κ2) is 8.62. The molecule has 2 saturated heterocycles. The molecule has 1 aromatic rings. The van der Waals surface area contributed by atoms with Crippen molar-refractivity contribution in [3.05, 3.63) is 35.9 Å². The van der Waals surface area contributed by atoms with E-state index in [1.165, 1.54) is 18.4 Å². The number of amides is 2. The number of hydroxylamine groups is 1. The molecule has 2 N–H and O–H groups in total. The van der Waals surface area contributed by atoms with E-state index in [1.54, 1.807) is 0 Å². The predicted molar refractivity (Wildman–Crippen MR) is 106 cm³/mol. The lowest BCUT2D eigenvalue weighted by Crippen LogP contribution is -2.49. The Morgan fingerprint density at radius 1 is 0.964 bits per heavy atom. The van der Waals surface area contributed by atoms with Crippen molar-refractivity contribution in [1.29, 1.82) is 0 Å². The topological polar surface area (TPSA) is 72.9 Å². The fourth-order valence-corrected chi connectivity index (χ4v) is 5.45. The van der Waals surface area contributed by atoms with Gasteiger partial charge in [-0.25, -0.2) is 5.48 Å². The summed E-state index contributed by atoms with van der Waals surface area (Å²) >= 11 is 0. The van der Waals surface area contributed by atoms with Gasteiger partial charge in [-0.1, -0.05) is 30.3 Å². The van der Waals surface area contributed by atoms with Crippen molar-refractivity contribution in [2.75, 3.05) is 26.2 Å². The van der Waals surface area contributed by atoms with Crippen molar-refractivity contribution < 1.29 is 14.8 Å². The summed E-state index contributed by atoms with van der Waals surface area (Å²) in [7, 11) is 0. The number of carbonyl (C=O) groups is 2. The van der Waals surface area contributed by atoms with E-state index in [4.69, 9.17) is 0 Å². The number of nitrogens with one attached hydrogen (secondary N) is 1. The van der Waals surface area contributed by atoms with Gasteiger partial charge in [0.05, 0.1) is 5.92 Å². The van der Waals surface area contributed by atoms with Crippen molar-refractivity contribution in [3.63, 3.8) is 0 Å². The Morgan fingerprint density at radius 3 is 2.43 bits per heavy atom. The van der Waals surface area contributed by atoms with E-state index >= 15 is 0 Å². The first kappa shape index (κ1) is 19.4. The summed E-state index contributed by atoms with van der Waals surface area (Å²) in [6.07, 6.45) is 5.75. The van der Waals surface area contributed by atoms with Crippen LogP contribution in [0.25, 0.3) is 0 Å². The second-order valence-corrected chi connectivity index (χ2v) is 8.58. The molecule has 28 heavy (non-hydrogen) atoms. The Bertz CT molecular complexity index is 690. The minimum atomic E-state index is -0.437. The minimum absolute atomic E-state index is 0.0897. The highest BCUT2D eigenvalue weighted by atomic mass is 16.5. The lowest BCUT2D eigenvalue weighted by Gasteiger charge is -2.39. The number of hydrogen-bond donors (Lipinski definition) is 2. The van der Waals surface area contributed by atoms with E-state index in [9.17, 15) is 14.8 Å². The van der Waals surface area contributed by atoms with Gasteiger partial charge in [-0.3, -0.25) is 14.8 Å². The molecule has 3 fully saturated rings. The second-order valence-electron chi connectivity index (χ2n) is 8.58. The molecular weight excluding hydrogens is 354 g/mol. The van der Waals surface area contributed by atoms with E-state index in [-0.39, 0.29) is 11.8 Å². The summed E-state index contributed by atoms with van der Waals surface area (Å²) in [6, 6.07) is 10.7. The smallest absolute Gasteiger partial charge is 0.247 e. The molecule has 2 heterocycles. The third-order valence-electron chi connectivity index (χ3n) is 7.01. The molecule has 0 radical (unpaired) electrons. The van der Waals surface area contributed by atoms with Gasteiger partial charge in [0, 0.05) is 31.0 Å². The highest BCUT2D eigenvalue weighted by Crippen LogP contribution is 2.37. The Balaban J connectivity index is 1.43. The molecular formula is C22H31N3O3. The molecule has 3 aliphatic rings. The number of nitrogens with zero attached hydrogens (tertiary/aromatic N) is 2. The summed E-state index contributed by atoms with van der Waals surface area (Å²) in [5.74, 6) is -0.697. The summed E-state index contributed by atoms with van der Waals surface area (Å²) in [4.78, 5) is 30.1. The Labute approximate surface area is 166 Å². The van der Waals surface area contributed by atoms with Crippen LogP contribution >= 0.6 is 0 Å². The molecule has 0 aromatic heterocycles. The van der Waals surface area contributed by atoms with Gasteiger partial charge in [-0.2, -0.15) is 0 Å². The first-order valence-electron chi connectivity index (χ1n) is 10.7. The predicted octanol–water partition coefficient (Wildman–Crippen LogP) is 2.39. The van der Waals surface area contributed by atoms with Crippen LogP contribution in [0.1, 0.15) is 50.0 Å². The van der Waals surface area contributed by atoms with Gasteiger partial charge in [0.1, 0.15) is 0 Å². The Kier molecular flexibility index (Phi) is 5.97. The van der Waals surface area contributed by atoms with Crippen LogP contribution in [-0.2, 0) is 9.59 Å². The van der Waals surface area contributed by atoms with Crippen LogP contribution in [0.3, 0.4) is 0 Å². The maximum atomic E-state index is 13.3. The average Bonchev–Trinajstić information content (AvgIpc) is 3.45. The zero-order valence-corrected chi connectivity index (χ0v) is 16.4. The van der Waals surface area contributed by atoms with Crippen LogP contribution in [0, 0.1) is 11.8 Å². The number of likely N-dealkylation sites (tertiary alicyclic amines) is 2. The van der Waals surface area contributed by atoms with Crippen molar-refractivity contribution in [3.8, 4) is 0 Å². The molecule has 2 amide bonds. The largest absolute Gasteiger partial charge is 0.342 e. The van der Waals surface area contributed by atoms with Gasteiger partial charge < -0.3 is 9.80 Å². The molecule has 1 saturated carbocycles. The molecule has 6 nitrogen and oxygen atoms in total. The van der Waals surface area contributed by atoms with Crippen LogP contribution in [-0.4, -0.2) is 59.0 Å². The summed E-state index contributed by atoms with van der Waals surface area (Å²) < 4.78 is 0. The zero-order chi connectivity index (χ0) is 19.5. The minimum Gasteiger partial charge on any atom is -0.342 e. The summed E-state index contributed by atoms with van der Waals surface area (Å²) in [6.45, 7) is 3.64. The fraction of sp³-hybridized carbons (Fsp3) is 0.636. The van der Waals surface area contributed by atoms with Gasteiger partial charge in [0.2, 0.25) is 11.8 Å². The normalized spacial score (nSPS) is 31.1. The maximum Gasteiger partial charge on any atom is 0.247 e. The molecule has 4 atom stereocenters. The molecule has 2 aliphatic heterocycles. The van der Waals surface area contributed by atoms with E-state index in [0.29, 0.717) is 18.4 Å². The van der Waals surface area contributed by atoms with Crippen molar-refractivity contribution in [1.82, 2.24) is 15.3 Å². The standard InChI is InChI=1S/C22H31N3O3/c26-21(23-28)20-14-18(24-11-4-5-12-24)8-9-19(20)22(27)25-13-10-17(15-25)16-6-2-1-3-7-16/h1-3,6-7,17-20,28H,4-5,8-15H2,(H,23,26)/t17-,18?,19?,20?/m0/s1. The first-order chi connectivity index (χ1) is 13.7. The molecule has 4 rings (SSSR count). The third kappa shape index (κ3) is 3.94. The van der Waals surface area contributed by atoms with Crippen LogP contribution in [0.15, 0.2) is 30.3 Å². The van der Waals surface area contributed by atoms with Crippen molar-refractivity contribution in [2.45, 2.75) is 50.5 Å². The molecule has 3 unspecified atom stereocenters. The maximum absolute atomic E-state index is 13.3. The van der Waals surface area contributed by atoms with Crippen LogP contribution in [0.4, 0.5) is 0 Å². The SMILES string of the molecule is O=C(NO)C1CC(N2CCCC2)CCC1C(=O)N1CC[C@H](c2ccccc2)C1. The monoisotopic (exact) mass is 385 g/mol. The summed E-state index contributed by atoms with van der Waals surface area (Å²) in [5.41, 5.74) is 3.11. The van der Waals surface area contributed by atoms with E-state index in [1.807, 2.05) is 28.6 Å². The molecule has 0 spiro atoms. The average molecular weight is 386 g/mol. The lowest BCUT2D eigenvalue weighted by molar-refractivity contribution is -0.147. The third-order valence-corrected chi connectivity index (χ3v) is 7.01. The van der Waals surface area contributed by atoms with Gasteiger partial charge in [0.15, 0.2) is 0 Å². The van der Waals surface area contributed by atoms with Crippen molar-refractivity contribution >= 4 is 11.8 Å². The van der Waals surface area contributed by atoms with Gasteiger partial charge >= 0.3 is 0 Å². The van der Waals surface area contributed by atoms with Crippen LogP contribution < -0.4 is 5.48 Å². The molecule has 1 aliphatic carbocycles. The van der Waals surface area contributed by atoms with E-state index in [2.05, 4.69) is 17.0 Å². The first-order valence-corrected chi connectivity index (χ1v) is 10.7. The zero-order valence-electron chi connectivity index (χ0n) is 16.4. The number of hydrogen-bond acceptors (Lipinski definition) is 4.